The second kappa shape index (κ2) is 24.2. The molecule has 0 aliphatic heterocycles. The fourth-order valence-electron chi connectivity index (χ4n) is 15.1. The van der Waals surface area contributed by atoms with Gasteiger partial charge in [-0.2, -0.15) is 12.1 Å². The van der Waals surface area contributed by atoms with Crippen molar-refractivity contribution in [2.75, 3.05) is 0 Å². The predicted molar refractivity (Wildman–Crippen MR) is 382 cm³/mol. The van der Waals surface area contributed by atoms with E-state index in [1.807, 2.05) is 0 Å². The van der Waals surface area contributed by atoms with E-state index in [2.05, 4.69) is 274 Å². The van der Waals surface area contributed by atoms with E-state index in [9.17, 15) is 0 Å². The summed E-state index contributed by atoms with van der Waals surface area (Å²) < 4.78 is 0. The first-order chi connectivity index (χ1) is 42.6. The third-order valence-corrected chi connectivity index (χ3v) is 19.6. The van der Waals surface area contributed by atoms with Crippen LogP contribution < -0.4 is 0 Å². The zero-order chi connectivity index (χ0) is 57.2. The number of benzene rings is 14. The van der Waals surface area contributed by atoms with Crippen LogP contribution in [0.3, 0.4) is 0 Å². The molecule has 2 saturated carbocycles. The maximum atomic E-state index is 3.06. The first kappa shape index (κ1) is 57.2. The molecule has 2 aliphatic rings. The van der Waals surface area contributed by atoms with Crippen molar-refractivity contribution < 1.29 is 23.3 Å². The maximum Gasteiger partial charge on any atom is -0.0107 e. The Kier molecular flexibility index (Phi) is 15.8. The monoisotopic (exact) mass is 1220 g/mol. The first-order valence-corrected chi connectivity index (χ1v) is 35.2. The molecule has 18 rings (SSSR count). The van der Waals surface area contributed by atoms with E-state index in [4.69, 9.17) is 0 Å². The summed E-state index contributed by atoms with van der Waals surface area (Å²) in [6, 6.07) is 100. The Bertz CT molecular complexity index is 4460. The second-order valence-electron chi connectivity index (χ2n) is 24.5. The second-order valence-corrected chi connectivity index (χ2v) is 24.5. The summed E-state index contributed by atoms with van der Waals surface area (Å²) >= 11 is 1.36. The molecule has 0 unspecified atom stereocenters. The van der Waals surface area contributed by atoms with E-state index in [-0.39, 0.29) is 14.9 Å². The summed E-state index contributed by atoms with van der Waals surface area (Å²) in [5.74, 6) is 1.65. The van der Waals surface area contributed by atoms with Crippen LogP contribution in [0.4, 0.5) is 0 Å². The minimum Gasteiger partial charge on any atom is -0.164 e. The molecule has 0 amide bonds. The third-order valence-electron chi connectivity index (χ3n) is 19.6. The van der Waals surface area contributed by atoms with E-state index in [0.717, 1.165) is 11.8 Å². The van der Waals surface area contributed by atoms with Crippen molar-refractivity contribution in [3.05, 3.63) is 293 Å². The Morgan fingerprint density at radius 1 is 0.273 bits per heavy atom. The Balaban J connectivity index is 0.000000147. The van der Waals surface area contributed by atoms with Crippen LogP contribution in [-0.2, 0) is 36.2 Å². The van der Waals surface area contributed by atoms with Crippen molar-refractivity contribution in [2.45, 2.75) is 51.4 Å². The van der Waals surface area contributed by atoms with Crippen LogP contribution in [0.5, 0.6) is 0 Å². The number of hydrogen-bond acceptors (Lipinski definition) is 0. The number of hydrogen-bond donors (Lipinski definition) is 0. The molecule has 0 saturated heterocycles. The van der Waals surface area contributed by atoms with Gasteiger partial charge < -0.3 is 14.9 Å². The van der Waals surface area contributed by atoms with Crippen molar-refractivity contribution in [1.29, 1.82) is 0 Å². The SMILES string of the molecule is [CH3-].[CH3-].[Si]=[Zr].c1ccc2c(-c3ccc(-c4c5ccccc5cc5ccccc45)c4[cH-]c(CC5CCC5)cc34)c3ccccc3cc2c1.c1ccc2c(-c3ccc(-c4c5ccccc5cc5ccccc45)c4[cH-]c(CC5CCC5)cc34)c3ccccc3cc2c1. The van der Waals surface area contributed by atoms with Crippen LogP contribution in [0.15, 0.2) is 267 Å². The van der Waals surface area contributed by atoms with Gasteiger partial charge in [-0.3, -0.25) is 0 Å². The fourth-order valence-corrected chi connectivity index (χ4v) is 15.1. The van der Waals surface area contributed by atoms with E-state index in [1.165, 1.54) is 238 Å². The quantitative estimate of drug-likeness (QED) is 0.0808. The third kappa shape index (κ3) is 9.94. The van der Waals surface area contributed by atoms with Gasteiger partial charge in [0.2, 0.25) is 0 Å². The Morgan fingerprint density at radius 3 is 0.716 bits per heavy atom. The molecule has 2 radical (unpaired) electrons. The van der Waals surface area contributed by atoms with E-state index in [0.29, 0.717) is 0 Å². The average Bonchev–Trinajstić information content (AvgIpc) is 1.48. The molecule has 0 nitrogen and oxygen atoms in total. The standard InChI is InChI=1S/2C42H31.2CH3.Si.Zr/c2*1-5-16-33-29(12-1)25-30-13-2-6-17-34(30)41(33)37-20-21-38(40-24-28(23-39(37)40)22-27-10-9-11-27)42-35-18-7-3-14-31(35)26-32-15-4-8-19-36(32)42;;;;/h2*1-8,12-21,23-27H,9-11,22H2;2*1H3;;/q4*-1;;. The molecule has 2 fully saturated rings. The Hall–Kier alpha value is -8.52. The minimum atomic E-state index is 0. The molecule has 2 aliphatic carbocycles. The average molecular weight is 1220 g/mol. The summed E-state index contributed by atoms with van der Waals surface area (Å²) in [4.78, 5) is 0. The molecule has 424 valence electrons. The van der Waals surface area contributed by atoms with Gasteiger partial charge in [0, 0.05) is 0 Å². The van der Waals surface area contributed by atoms with Gasteiger partial charge in [-0.05, 0) is 157 Å². The Labute approximate surface area is 534 Å². The molecule has 0 bridgehead atoms. The summed E-state index contributed by atoms with van der Waals surface area (Å²) in [6.45, 7) is 3.06. The van der Waals surface area contributed by atoms with E-state index in [1.54, 1.807) is 0 Å². The van der Waals surface area contributed by atoms with Gasteiger partial charge >= 0.3 is 30.2 Å². The Morgan fingerprint density at radius 2 is 0.489 bits per heavy atom. The minimum absolute atomic E-state index is 0. The molecule has 0 aromatic heterocycles. The smallest absolute Gasteiger partial charge is 0.0107 e. The molecule has 0 N–H and O–H groups in total. The van der Waals surface area contributed by atoms with Gasteiger partial charge in [0.25, 0.3) is 0 Å². The molecule has 16 aromatic rings. The van der Waals surface area contributed by atoms with Crippen molar-refractivity contribution in [3.8, 4) is 44.5 Å². The van der Waals surface area contributed by atoms with Crippen LogP contribution in [0.2, 0.25) is 0 Å². The van der Waals surface area contributed by atoms with Gasteiger partial charge in [0.05, 0.1) is 0 Å². The molecule has 88 heavy (non-hydrogen) atoms. The fraction of sp³-hybridized carbons (Fsp3) is 0.116. The van der Waals surface area contributed by atoms with Crippen LogP contribution >= 0.6 is 0 Å². The van der Waals surface area contributed by atoms with E-state index >= 15 is 0 Å². The largest absolute Gasteiger partial charge is 0.164 e. The maximum absolute atomic E-state index is 3.06. The molecular weight excluding hydrogens is 1150 g/mol. The molecule has 16 aromatic carbocycles. The van der Waals surface area contributed by atoms with Crippen molar-refractivity contribution in [3.63, 3.8) is 0 Å². The van der Waals surface area contributed by atoms with Crippen LogP contribution in [0.1, 0.15) is 49.7 Å². The summed E-state index contributed by atoms with van der Waals surface area (Å²) in [7, 11) is 0. The summed E-state index contributed by atoms with van der Waals surface area (Å²) in [6.07, 6.45) is 10.6. The van der Waals surface area contributed by atoms with Gasteiger partial charge in [-0.15, -0.1) is 44.8 Å². The molecule has 0 spiro atoms. The van der Waals surface area contributed by atoms with Crippen LogP contribution in [-0.4, -0.2) is 6.88 Å². The van der Waals surface area contributed by atoms with Gasteiger partial charge in [-0.1, -0.05) is 279 Å². The van der Waals surface area contributed by atoms with Crippen LogP contribution in [0.25, 0.3) is 152 Å². The van der Waals surface area contributed by atoms with Crippen molar-refractivity contribution in [1.82, 2.24) is 0 Å². The first-order valence-electron chi connectivity index (χ1n) is 31.0. The van der Waals surface area contributed by atoms with Crippen molar-refractivity contribution >= 4 is 115 Å². The van der Waals surface area contributed by atoms with Gasteiger partial charge in [0.15, 0.2) is 0 Å². The topological polar surface area (TPSA) is 0 Å². The number of rotatable bonds is 8. The predicted octanol–water partition coefficient (Wildman–Crippen LogP) is 24.2. The van der Waals surface area contributed by atoms with Crippen molar-refractivity contribution in [2.24, 2.45) is 11.8 Å². The summed E-state index contributed by atoms with van der Waals surface area (Å²) in [5, 5.41) is 26.4. The summed E-state index contributed by atoms with van der Waals surface area (Å²) in [5.41, 5.74) is 13.7. The molecule has 0 heterocycles. The van der Waals surface area contributed by atoms with E-state index < -0.39 is 0 Å². The molecule has 0 atom stereocenters. The normalized spacial score (nSPS) is 13.3. The zero-order valence-electron chi connectivity index (χ0n) is 50.2. The molecule has 2 heteroatoms. The zero-order valence-corrected chi connectivity index (χ0v) is 53.7. The van der Waals surface area contributed by atoms with Gasteiger partial charge in [0.1, 0.15) is 0 Å². The van der Waals surface area contributed by atoms with Gasteiger partial charge in [-0.25, -0.2) is 0 Å². The molecular formula is C86H68SiZr-4. The number of fused-ring (bicyclic) bond motifs is 10. The van der Waals surface area contributed by atoms with Crippen LogP contribution in [0, 0.1) is 26.7 Å².